The lowest BCUT2D eigenvalue weighted by Gasteiger charge is -2.17. The third kappa shape index (κ3) is 3.17. The molecule has 4 heteroatoms. The van der Waals surface area contributed by atoms with Crippen molar-refractivity contribution in [2.24, 2.45) is 0 Å². The van der Waals surface area contributed by atoms with E-state index in [9.17, 15) is 4.79 Å². The summed E-state index contributed by atoms with van der Waals surface area (Å²) in [6.07, 6.45) is 0. The standard InChI is InChI=1S/C15H13BrClNO/c1-10-3-6-12(7-4-10)18(2)15(19)11-5-8-13(16)14(17)9-11/h3-9H,1-2H3. The van der Waals surface area contributed by atoms with E-state index in [2.05, 4.69) is 15.9 Å². The Morgan fingerprint density at radius 2 is 1.79 bits per heavy atom. The van der Waals surface area contributed by atoms with Gasteiger partial charge in [-0.2, -0.15) is 0 Å². The normalized spacial score (nSPS) is 10.3. The molecule has 0 N–H and O–H groups in total. The van der Waals surface area contributed by atoms with Crippen LogP contribution in [0.4, 0.5) is 5.69 Å². The molecule has 1 amide bonds. The number of carbonyl (C=O) groups is 1. The average Bonchev–Trinajstić information content (AvgIpc) is 2.41. The Kier molecular flexibility index (Phi) is 4.27. The minimum Gasteiger partial charge on any atom is -0.311 e. The van der Waals surface area contributed by atoms with Crippen LogP contribution in [-0.2, 0) is 0 Å². The van der Waals surface area contributed by atoms with Crippen LogP contribution in [0.1, 0.15) is 15.9 Å². The first kappa shape index (κ1) is 14.1. The predicted molar refractivity (Wildman–Crippen MR) is 83.1 cm³/mol. The number of benzene rings is 2. The fraction of sp³-hybridized carbons (Fsp3) is 0.133. The zero-order valence-corrected chi connectivity index (χ0v) is 13.0. The molecule has 98 valence electrons. The highest BCUT2D eigenvalue weighted by atomic mass is 79.9. The van der Waals surface area contributed by atoms with Crippen molar-refractivity contribution in [3.8, 4) is 0 Å². The van der Waals surface area contributed by atoms with Crippen LogP contribution in [0.3, 0.4) is 0 Å². The van der Waals surface area contributed by atoms with E-state index >= 15 is 0 Å². The van der Waals surface area contributed by atoms with Gasteiger partial charge in [0.1, 0.15) is 0 Å². The van der Waals surface area contributed by atoms with Gasteiger partial charge in [0.05, 0.1) is 5.02 Å². The number of hydrogen-bond donors (Lipinski definition) is 0. The summed E-state index contributed by atoms with van der Waals surface area (Å²) in [6.45, 7) is 2.01. The van der Waals surface area contributed by atoms with Crippen LogP contribution in [0.2, 0.25) is 5.02 Å². The van der Waals surface area contributed by atoms with E-state index in [1.807, 2.05) is 31.2 Å². The molecule has 2 nitrogen and oxygen atoms in total. The van der Waals surface area contributed by atoms with Gasteiger partial charge >= 0.3 is 0 Å². The Morgan fingerprint density at radius 3 is 2.37 bits per heavy atom. The van der Waals surface area contributed by atoms with Crippen LogP contribution in [0.25, 0.3) is 0 Å². The van der Waals surface area contributed by atoms with E-state index < -0.39 is 0 Å². The van der Waals surface area contributed by atoms with E-state index in [0.717, 1.165) is 15.7 Å². The van der Waals surface area contributed by atoms with Gasteiger partial charge in [-0.1, -0.05) is 29.3 Å². The van der Waals surface area contributed by atoms with Gasteiger partial charge in [-0.05, 0) is 53.2 Å². The van der Waals surface area contributed by atoms with Gasteiger partial charge in [0, 0.05) is 22.8 Å². The third-order valence-electron chi connectivity index (χ3n) is 2.89. The zero-order valence-electron chi connectivity index (χ0n) is 10.7. The molecule has 2 rings (SSSR count). The van der Waals surface area contributed by atoms with Crippen molar-refractivity contribution < 1.29 is 4.79 Å². The minimum absolute atomic E-state index is 0.0850. The van der Waals surface area contributed by atoms with Gasteiger partial charge in [-0.15, -0.1) is 0 Å². The first-order valence-electron chi connectivity index (χ1n) is 5.79. The molecule has 0 aromatic heterocycles. The minimum atomic E-state index is -0.0850. The van der Waals surface area contributed by atoms with Crippen molar-refractivity contribution in [1.82, 2.24) is 0 Å². The Hall–Kier alpha value is -1.32. The van der Waals surface area contributed by atoms with Crippen LogP contribution >= 0.6 is 27.5 Å². The third-order valence-corrected chi connectivity index (χ3v) is 4.12. The van der Waals surface area contributed by atoms with Crippen molar-refractivity contribution in [2.75, 3.05) is 11.9 Å². The number of hydrogen-bond acceptors (Lipinski definition) is 1. The molecule has 0 aliphatic carbocycles. The van der Waals surface area contributed by atoms with Crippen LogP contribution in [0, 0.1) is 6.92 Å². The van der Waals surface area contributed by atoms with E-state index in [4.69, 9.17) is 11.6 Å². The van der Waals surface area contributed by atoms with Crippen molar-refractivity contribution in [2.45, 2.75) is 6.92 Å². The van der Waals surface area contributed by atoms with E-state index in [1.54, 1.807) is 30.1 Å². The number of carbonyl (C=O) groups excluding carboxylic acids is 1. The lowest BCUT2D eigenvalue weighted by Crippen LogP contribution is -2.26. The second-order valence-electron chi connectivity index (χ2n) is 4.33. The molecule has 0 aliphatic heterocycles. The van der Waals surface area contributed by atoms with Crippen LogP contribution in [-0.4, -0.2) is 13.0 Å². The quantitative estimate of drug-likeness (QED) is 0.778. The van der Waals surface area contributed by atoms with Gasteiger partial charge in [0.2, 0.25) is 0 Å². The molecule has 19 heavy (non-hydrogen) atoms. The maximum Gasteiger partial charge on any atom is 0.258 e. The van der Waals surface area contributed by atoms with Gasteiger partial charge in [0.25, 0.3) is 5.91 Å². The molecule has 0 heterocycles. The summed E-state index contributed by atoms with van der Waals surface area (Å²) < 4.78 is 0.781. The first-order valence-corrected chi connectivity index (χ1v) is 6.96. The predicted octanol–water partition coefficient (Wildman–Crippen LogP) is 4.69. The van der Waals surface area contributed by atoms with Gasteiger partial charge in [-0.25, -0.2) is 0 Å². The van der Waals surface area contributed by atoms with Crippen LogP contribution < -0.4 is 4.90 Å². The molecule has 0 saturated heterocycles. The Balaban J connectivity index is 2.28. The molecule has 0 bridgehead atoms. The molecule has 2 aromatic carbocycles. The molecule has 0 aliphatic rings. The van der Waals surface area contributed by atoms with Crippen molar-refractivity contribution in [3.05, 3.63) is 63.1 Å². The van der Waals surface area contributed by atoms with E-state index in [-0.39, 0.29) is 5.91 Å². The Bertz CT molecular complexity index is 610. The topological polar surface area (TPSA) is 20.3 Å². The van der Waals surface area contributed by atoms with E-state index in [0.29, 0.717) is 10.6 Å². The van der Waals surface area contributed by atoms with Crippen LogP contribution in [0.15, 0.2) is 46.9 Å². The number of amides is 1. The lowest BCUT2D eigenvalue weighted by molar-refractivity contribution is 0.0993. The van der Waals surface area contributed by atoms with Gasteiger partial charge in [-0.3, -0.25) is 4.79 Å². The SMILES string of the molecule is Cc1ccc(N(C)C(=O)c2ccc(Br)c(Cl)c2)cc1. The van der Waals surface area contributed by atoms with Crippen LogP contribution in [0.5, 0.6) is 0 Å². The fourth-order valence-corrected chi connectivity index (χ4v) is 2.14. The number of rotatable bonds is 2. The lowest BCUT2D eigenvalue weighted by atomic mass is 10.1. The average molecular weight is 339 g/mol. The van der Waals surface area contributed by atoms with Gasteiger partial charge < -0.3 is 4.90 Å². The molecular formula is C15H13BrClNO. The number of halogens is 2. The molecule has 0 fully saturated rings. The maximum absolute atomic E-state index is 12.3. The molecular weight excluding hydrogens is 326 g/mol. The summed E-state index contributed by atoms with van der Waals surface area (Å²) >= 11 is 9.32. The monoisotopic (exact) mass is 337 g/mol. The highest BCUT2D eigenvalue weighted by molar-refractivity contribution is 9.10. The fourth-order valence-electron chi connectivity index (χ4n) is 1.71. The first-order chi connectivity index (χ1) is 8.99. The Morgan fingerprint density at radius 1 is 1.16 bits per heavy atom. The largest absolute Gasteiger partial charge is 0.311 e. The molecule has 0 radical (unpaired) electrons. The van der Waals surface area contributed by atoms with E-state index in [1.165, 1.54) is 0 Å². The summed E-state index contributed by atoms with van der Waals surface area (Å²) in [5.74, 6) is -0.0850. The van der Waals surface area contributed by atoms with Crippen molar-refractivity contribution in [3.63, 3.8) is 0 Å². The molecule has 2 aromatic rings. The second kappa shape index (κ2) is 5.76. The second-order valence-corrected chi connectivity index (χ2v) is 5.59. The number of anilines is 1. The molecule has 0 saturated carbocycles. The highest BCUT2D eigenvalue weighted by Crippen LogP contribution is 2.24. The maximum atomic E-state index is 12.3. The smallest absolute Gasteiger partial charge is 0.258 e. The summed E-state index contributed by atoms with van der Waals surface area (Å²) in [7, 11) is 1.75. The van der Waals surface area contributed by atoms with Crippen molar-refractivity contribution >= 4 is 39.1 Å². The molecule has 0 spiro atoms. The highest BCUT2D eigenvalue weighted by Gasteiger charge is 2.14. The number of nitrogens with zero attached hydrogens (tertiary/aromatic N) is 1. The van der Waals surface area contributed by atoms with Gasteiger partial charge in [0.15, 0.2) is 0 Å². The van der Waals surface area contributed by atoms with Crippen molar-refractivity contribution in [1.29, 1.82) is 0 Å². The summed E-state index contributed by atoms with van der Waals surface area (Å²) in [5, 5.41) is 0.531. The number of aryl methyl sites for hydroxylation is 1. The molecule has 0 atom stereocenters. The zero-order chi connectivity index (χ0) is 14.0. The Labute approximate surface area is 126 Å². The molecule has 0 unspecified atom stereocenters. The summed E-state index contributed by atoms with van der Waals surface area (Å²) in [5.41, 5.74) is 2.59. The summed E-state index contributed by atoms with van der Waals surface area (Å²) in [4.78, 5) is 14.0. The summed E-state index contributed by atoms with van der Waals surface area (Å²) in [6, 6.07) is 13.0.